The molecule has 1 amide bonds. The van der Waals surface area contributed by atoms with Crippen molar-refractivity contribution in [1.29, 1.82) is 0 Å². The van der Waals surface area contributed by atoms with Crippen molar-refractivity contribution in [2.24, 2.45) is 0 Å². The van der Waals surface area contributed by atoms with E-state index >= 15 is 0 Å². The normalized spacial score (nSPS) is 11.4. The molecule has 36 heavy (non-hydrogen) atoms. The second-order valence-corrected chi connectivity index (χ2v) is 9.23. The minimum absolute atomic E-state index is 0. The van der Waals surface area contributed by atoms with Gasteiger partial charge in [0, 0.05) is 5.56 Å². The molecule has 0 aliphatic heterocycles. The van der Waals surface area contributed by atoms with Gasteiger partial charge in [-0.3, -0.25) is 4.79 Å². The van der Waals surface area contributed by atoms with Crippen molar-refractivity contribution in [3.8, 4) is 11.1 Å². The Hall–Kier alpha value is -2.53. The topological polar surface area (TPSA) is 98.7 Å². The predicted molar refractivity (Wildman–Crippen MR) is 137 cm³/mol. The van der Waals surface area contributed by atoms with Crippen LogP contribution in [0.25, 0.3) is 11.1 Å². The summed E-state index contributed by atoms with van der Waals surface area (Å²) in [6, 6.07) is 19.7. The van der Waals surface area contributed by atoms with Gasteiger partial charge in [0.1, 0.15) is 0 Å². The number of aliphatic carboxylic acids is 1. The quantitative estimate of drug-likeness (QED) is 0.352. The number of carbonyl (C=O) groups is 2. The van der Waals surface area contributed by atoms with E-state index in [1.54, 1.807) is 6.07 Å². The first-order chi connectivity index (χ1) is 16.9. The molecule has 0 unspecified atom stereocenters. The first-order valence-electron chi connectivity index (χ1n) is 11.4. The van der Waals surface area contributed by atoms with E-state index in [-0.39, 0.29) is 31.9 Å². The van der Waals surface area contributed by atoms with Gasteiger partial charge in [0.15, 0.2) is 0 Å². The van der Waals surface area contributed by atoms with Crippen molar-refractivity contribution in [3.63, 3.8) is 0 Å². The number of rotatable bonds is 12. The third-order valence-corrected chi connectivity index (χ3v) is 6.42. The molecular weight excluding hydrogens is 469 g/mol. The van der Waals surface area contributed by atoms with Crippen LogP contribution in [0, 0.1) is 6.92 Å². The summed E-state index contributed by atoms with van der Waals surface area (Å²) in [5, 5.41) is 23.7. The maximum atomic E-state index is 13.1. The van der Waals surface area contributed by atoms with Gasteiger partial charge in [0.25, 0.3) is 5.91 Å². The van der Waals surface area contributed by atoms with Crippen LogP contribution in [0.1, 0.15) is 39.0 Å². The van der Waals surface area contributed by atoms with Gasteiger partial charge in [-0.05, 0) is 70.9 Å². The van der Waals surface area contributed by atoms with Crippen LogP contribution >= 0.6 is 11.8 Å². The third kappa shape index (κ3) is 7.99. The zero-order valence-corrected chi connectivity index (χ0v) is 21.8. The molecule has 0 saturated carbocycles. The number of hydrogen-bond donors (Lipinski definition) is 2. The number of benzene rings is 3. The Morgan fingerprint density at radius 3 is 2.36 bits per heavy atom. The molecule has 6 nitrogen and oxygen atoms in total. The van der Waals surface area contributed by atoms with E-state index in [4.69, 9.17) is 4.74 Å². The van der Waals surface area contributed by atoms with E-state index in [9.17, 15) is 19.8 Å². The first kappa shape index (κ1) is 29.7. The van der Waals surface area contributed by atoms with Gasteiger partial charge >= 0.3 is 18.9 Å². The fourth-order valence-corrected chi connectivity index (χ4v) is 4.30. The zero-order chi connectivity index (χ0) is 25.2. The molecular formula is C28H30LiNO5S. The summed E-state index contributed by atoms with van der Waals surface area (Å²) in [5.74, 6) is -1.15. The number of amides is 1. The fraction of sp³-hybridized carbons (Fsp3) is 0.286. The Bertz CT molecular complexity index is 1170. The van der Waals surface area contributed by atoms with E-state index in [0.717, 1.165) is 27.8 Å². The van der Waals surface area contributed by atoms with Crippen LogP contribution in [0.3, 0.4) is 0 Å². The second-order valence-electron chi connectivity index (χ2n) is 8.24. The zero-order valence-electron chi connectivity index (χ0n) is 21.0. The van der Waals surface area contributed by atoms with Crippen molar-refractivity contribution < 1.29 is 43.4 Å². The Labute approximate surface area is 228 Å². The number of ether oxygens (including phenoxy) is 1. The van der Waals surface area contributed by atoms with Crippen molar-refractivity contribution in [1.82, 2.24) is 5.32 Å². The van der Waals surface area contributed by atoms with E-state index in [2.05, 4.69) is 5.32 Å². The molecule has 0 radical (unpaired) electrons. The van der Waals surface area contributed by atoms with E-state index in [1.165, 1.54) is 11.8 Å². The monoisotopic (exact) mass is 499 g/mol. The van der Waals surface area contributed by atoms with Crippen LogP contribution in [0.15, 0.2) is 66.7 Å². The van der Waals surface area contributed by atoms with Crippen molar-refractivity contribution in [2.45, 2.75) is 39.2 Å². The largest absolute Gasteiger partial charge is 1.00 e. The molecule has 0 aliphatic rings. The Balaban J connectivity index is 0.00000456. The van der Waals surface area contributed by atoms with Crippen LogP contribution in [-0.4, -0.2) is 35.0 Å². The molecule has 8 heteroatoms. The van der Waals surface area contributed by atoms with E-state index in [1.807, 2.05) is 73.8 Å². The maximum Gasteiger partial charge on any atom is 1.00 e. The molecule has 0 spiro atoms. The average molecular weight is 500 g/mol. The summed E-state index contributed by atoms with van der Waals surface area (Å²) >= 11 is 1.51. The molecule has 3 aromatic rings. The van der Waals surface area contributed by atoms with Crippen molar-refractivity contribution >= 4 is 23.6 Å². The number of carboxylic acid groups (broad SMARTS) is 1. The van der Waals surface area contributed by atoms with Crippen LogP contribution in [0.5, 0.6) is 0 Å². The SMILES string of the molecule is CSCC[C@H](NC(=O)c1ccc(COCc2ccccc2CO)cc1-c1ccccc1C)C(=O)[O-].[Li+]. The van der Waals surface area contributed by atoms with Gasteiger partial charge in [-0.25, -0.2) is 0 Å². The van der Waals surface area contributed by atoms with Crippen molar-refractivity contribution in [3.05, 3.63) is 94.5 Å². The summed E-state index contributed by atoms with van der Waals surface area (Å²) in [4.78, 5) is 24.7. The molecule has 0 heterocycles. The number of carbonyl (C=O) groups excluding carboxylic acids is 2. The maximum absolute atomic E-state index is 13.1. The predicted octanol–water partition coefficient (Wildman–Crippen LogP) is 0.477. The molecule has 2 N–H and O–H groups in total. The third-order valence-electron chi connectivity index (χ3n) is 5.78. The van der Waals surface area contributed by atoms with Crippen LogP contribution < -0.4 is 29.3 Å². The molecule has 1 atom stereocenters. The van der Waals surface area contributed by atoms with Gasteiger partial charge in [0.2, 0.25) is 0 Å². The number of hydrogen-bond acceptors (Lipinski definition) is 6. The number of aryl methyl sites for hydroxylation is 1. The Morgan fingerprint density at radius 2 is 1.69 bits per heavy atom. The number of aliphatic hydroxyl groups is 1. The van der Waals surface area contributed by atoms with E-state index in [0.29, 0.717) is 30.1 Å². The summed E-state index contributed by atoms with van der Waals surface area (Å²) in [6.45, 7) is 2.58. The molecule has 3 aromatic carbocycles. The molecule has 0 saturated heterocycles. The smallest absolute Gasteiger partial charge is 0.548 e. The van der Waals surface area contributed by atoms with Gasteiger partial charge in [-0.1, -0.05) is 54.6 Å². The number of carboxylic acids is 1. The molecule has 184 valence electrons. The minimum atomic E-state index is -1.29. The Kier molecular flexibility index (Phi) is 12.3. The Morgan fingerprint density at radius 1 is 1.00 bits per heavy atom. The summed E-state index contributed by atoms with van der Waals surface area (Å²) < 4.78 is 5.91. The standard InChI is InChI=1S/C28H31NO5S.Li/c1-19-7-3-6-10-23(19)25-15-20(17-34-18-22-9-5-4-8-21(22)16-30)11-12-24(25)27(31)29-26(28(32)33)13-14-35-2;/h3-12,15,26,30H,13-14,16-18H2,1-2H3,(H,29,31)(H,32,33);/q;+1/p-1/t26-;/m0./s1. The second kappa shape index (κ2) is 14.9. The van der Waals surface area contributed by atoms with E-state index < -0.39 is 17.9 Å². The molecule has 0 fully saturated rings. The van der Waals surface area contributed by atoms with Crippen LogP contribution in [-0.2, 0) is 29.4 Å². The van der Waals surface area contributed by atoms with Gasteiger partial charge in [-0.15, -0.1) is 0 Å². The summed E-state index contributed by atoms with van der Waals surface area (Å²) in [5.41, 5.74) is 5.60. The van der Waals surface area contributed by atoms with Crippen molar-refractivity contribution in [2.75, 3.05) is 12.0 Å². The minimum Gasteiger partial charge on any atom is -0.548 e. The summed E-state index contributed by atoms with van der Waals surface area (Å²) in [7, 11) is 0. The molecule has 3 rings (SSSR count). The number of thioether (sulfide) groups is 1. The van der Waals surface area contributed by atoms with Gasteiger partial charge in [0.05, 0.1) is 31.8 Å². The van der Waals surface area contributed by atoms with Crippen LogP contribution in [0.4, 0.5) is 0 Å². The summed E-state index contributed by atoms with van der Waals surface area (Å²) in [6.07, 6.45) is 2.17. The fourth-order valence-electron chi connectivity index (χ4n) is 3.83. The molecule has 0 aliphatic carbocycles. The van der Waals surface area contributed by atoms with Gasteiger partial charge in [-0.2, -0.15) is 11.8 Å². The number of aliphatic hydroxyl groups excluding tert-OH is 1. The first-order valence-corrected chi connectivity index (χ1v) is 12.8. The molecule has 0 bridgehead atoms. The van der Waals surface area contributed by atoms with Gasteiger partial charge < -0.3 is 25.1 Å². The molecule has 0 aromatic heterocycles. The van der Waals surface area contributed by atoms with Crippen LogP contribution in [0.2, 0.25) is 0 Å². The number of nitrogens with one attached hydrogen (secondary N) is 1. The average Bonchev–Trinajstić information content (AvgIpc) is 2.86.